The van der Waals surface area contributed by atoms with Crippen molar-refractivity contribution in [2.24, 2.45) is 5.41 Å². The molecule has 2 aromatic carbocycles. The molecule has 2 atom stereocenters. The first kappa shape index (κ1) is 27.1. The van der Waals surface area contributed by atoms with Crippen LogP contribution in [0.4, 0.5) is 38.7 Å². The fourth-order valence-electron chi connectivity index (χ4n) is 7.78. The summed E-state index contributed by atoms with van der Waals surface area (Å²) in [5.41, 5.74) is 4.42. The first-order valence-corrected chi connectivity index (χ1v) is 16.0. The molecule has 0 amide bonds. The molecule has 7 nitrogen and oxygen atoms in total. The highest BCUT2D eigenvalue weighted by atomic mass is 32.1. The summed E-state index contributed by atoms with van der Waals surface area (Å²) in [6.45, 7) is 4.73. The van der Waals surface area contributed by atoms with E-state index in [-0.39, 0.29) is 43.6 Å². The van der Waals surface area contributed by atoms with Crippen LogP contribution in [0, 0.1) is 17.0 Å². The third-order valence-corrected chi connectivity index (χ3v) is 11.3. The summed E-state index contributed by atoms with van der Waals surface area (Å²) in [6, 6.07) is 5.39. The molecule has 3 N–H and O–H groups in total. The number of rotatable bonds is 4. The number of nitrogen functional groups attached to an aromatic ring is 1. The number of benzene rings is 2. The van der Waals surface area contributed by atoms with Crippen LogP contribution in [0.3, 0.4) is 0 Å². The molecule has 4 saturated heterocycles. The van der Waals surface area contributed by atoms with Crippen molar-refractivity contribution in [1.29, 1.82) is 0 Å². The van der Waals surface area contributed by atoms with Crippen LogP contribution < -0.4 is 20.9 Å². The zero-order valence-corrected chi connectivity index (χ0v) is 24.5. The Bertz CT molecular complexity index is 1830. The van der Waals surface area contributed by atoms with Gasteiger partial charge in [-0.1, -0.05) is 6.07 Å². The molecule has 5 fully saturated rings. The second-order valence-electron chi connectivity index (χ2n) is 13.3. The minimum Gasteiger partial charge on any atom is -0.391 e. The summed E-state index contributed by atoms with van der Waals surface area (Å²) in [4.78, 5) is 15.9. The molecule has 1 aliphatic carbocycles. The number of hydrogen-bond acceptors (Lipinski definition) is 8. The third-order valence-electron chi connectivity index (χ3n) is 10.3. The molecule has 0 radical (unpaired) electrons. The van der Waals surface area contributed by atoms with E-state index in [9.17, 15) is 17.6 Å². The van der Waals surface area contributed by atoms with E-state index < -0.39 is 28.9 Å². The molecular formula is C31H30F5N7S. The zero-order valence-electron chi connectivity index (χ0n) is 23.7. The van der Waals surface area contributed by atoms with Gasteiger partial charge in [0.1, 0.15) is 17.2 Å². The molecule has 5 aliphatic rings. The second kappa shape index (κ2) is 9.13. The zero-order chi connectivity index (χ0) is 30.1. The Morgan fingerprint density at radius 3 is 2.34 bits per heavy atom. The lowest BCUT2D eigenvalue weighted by Gasteiger charge is -2.52. The van der Waals surface area contributed by atoms with E-state index in [4.69, 9.17) is 10.7 Å². The van der Waals surface area contributed by atoms with Gasteiger partial charge in [-0.25, -0.2) is 13.8 Å². The molecule has 13 heteroatoms. The Morgan fingerprint density at radius 2 is 1.66 bits per heavy atom. The van der Waals surface area contributed by atoms with Gasteiger partial charge >= 0.3 is 6.18 Å². The summed E-state index contributed by atoms with van der Waals surface area (Å²) in [6.07, 6.45) is -0.364. The number of anilines is 3. The number of piperazine rings is 1. The van der Waals surface area contributed by atoms with Gasteiger partial charge in [0.05, 0.1) is 15.3 Å². The number of thiophene rings is 1. The van der Waals surface area contributed by atoms with E-state index >= 15 is 4.39 Å². The molecule has 4 aliphatic heterocycles. The summed E-state index contributed by atoms with van der Waals surface area (Å²) in [5.74, 6) is -1.06. The monoisotopic (exact) mass is 627 g/mol. The van der Waals surface area contributed by atoms with E-state index in [1.54, 1.807) is 0 Å². The van der Waals surface area contributed by atoms with E-state index in [1.807, 2.05) is 9.80 Å². The van der Waals surface area contributed by atoms with E-state index in [2.05, 4.69) is 15.2 Å². The normalized spacial score (nSPS) is 24.8. The van der Waals surface area contributed by atoms with Crippen molar-refractivity contribution in [2.45, 2.75) is 50.0 Å². The largest absolute Gasteiger partial charge is 0.417 e. The lowest BCUT2D eigenvalue weighted by atomic mass is 9.92. The highest BCUT2D eigenvalue weighted by molar-refractivity contribution is 7.22. The minimum absolute atomic E-state index is 0.0299. The Kier molecular flexibility index (Phi) is 5.62. The maximum absolute atomic E-state index is 16.9. The van der Waals surface area contributed by atoms with Crippen LogP contribution in [-0.2, 0) is 6.18 Å². The third kappa shape index (κ3) is 4.11. The lowest BCUT2D eigenvalue weighted by molar-refractivity contribution is -0.137. The maximum Gasteiger partial charge on any atom is 0.417 e. The van der Waals surface area contributed by atoms with Crippen LogP contribution in [0.2, 0.25) is 0 Å². The first-order valence-electron chi connectivity index (χ1n) is 15.1. The average molecular weight is 628 g/mol. The Balaban J connectivity index is 1.21. The molecule has 2 aromatic heterocycles. The summed E-state index contributed by atoms with van der Waals surface area (Å²) >= 11 is 0.918. The second-order valence-corrected chi connectivity index (χ2v) is 14.4. The molecule has 6 heterocycles. The van der Waals surface area contributed by atoms with Crippen molar-refractivity contribution in [1.82, 2.24) is 20.2 Å². The number of alkyl halides is 3. The number of likely N-dealkylation sites (tertiary alicyclic amines) is 1. The van der Waals surface area contributed by atoms with Crippen LogP contribution >= 0.6 is 11.3 Å². The quantitative estimate of drug-likeness (QED) is 0.285. The molecule has 0 unspecified atom stereocenters. The minimum atomic E-state index is -4.90. The van der Waals surface area contributed by atoms with Crippen molar-refractivity contribution in [3.8, 4) is 11.1 Å². The topological polar surface area (TPSA) is 73.6 Å². The molecule has 44 heavy (non-hydrogen) atoms. The van der Waals surface area contributed by atoms with Crippen LogP contribution in [-0.4, -0.2) is 72.3 Å². The number of hydrogen-bond donors (Lipinski definition) is 2. The van der Waals surface area contributed by atoms with E-state index in [0.717, 1.165) is 49.4 Å². The van der Waals surface area contributed by atoms with Gasteiger partial charge in [-0.3, -0.25) is 4.90 Å². The van der Waals surface area contributed by atoms with E-state index in [1.165, 1.54) is 25.0 Å². The Morgan fingerprint density at radius 1 is 0.932 bits per heavy atom. The van der Waals surface area contributed by atoms with Crippen LogP contribution in [0.25, 0.3) is 32.1 Å². The maximum atomic E-state index is 16.9. The highest BCUT2D eigenvalue weighted by Crippen LogP contribution is 2.54. The highest BCUT2D eigenvalue weighted by Gasteiger charge is 2.55. The fourth-order valence-corrected chi connectivity index (χ4v) is 8.64. The van der Waals surface area contributed by atoms with Gasteiger partial charge in [-0.15, -0.1) is 11.3 Å². The smallest absolute Gasteiger partial charge is 0.391 e. The van der Waals surface area contributed by atoms with Gasteiger partial charge in [-0.05, 0) is 54.9 Å². The number of halogens is 5. The predicted molar refractivity (Wildman–Crippen MR) is 161 cm³/mol. The van der Waals surface area contributed by atoms with E-state index in [0.29, 0.717) is 49.4 Å². The molecule has 2 bridgehead atoms. The van der Waals surface area contributed by atoms with Gasteiger partial charge in [0.25, 0.3) is 0 Å². The van der Waals surface area contributed by atoms with Crippen molar-refractivity contribution >= 4 is 49.1 Å². The van der Waals surface area contributed by atoms with Crippen LogP contribution in [0.5, 0.6) is 0 Å². The fraction of sp³-hybridized carbons (Fsp3) is 0.484. The summed E-state index contributed by atoms with van der Waals surface area (Å²) in [7, 11) is 0. The number of nitrogens with two attached hydrogens (primary N) is 1. The Labute approximate surface area is 253 Å². The van der Waals surface area contributed by atoms with Gasteiger partial charge < -0.3 is 20.9 Å². The first-order chi connectivity index (χ1) is 21.0. The molecular weight excluding hydrogens is 597 g/mol. The number of fused-ring (bicyclic) bond motifs is 4. The predicted octanol–water partition coefficient (Wildman–Crippen LogP) is 5.62. The van der Waals surface area contributed by atoms with Gasteiger partial charge in [0.15, 0.2) is 5.82 Å². The SMILES string of the molecule is Nc1cc2c(-c3c(C(F)(F)F)cc4c(N5C[C@H]6CC[C@@H](C5)N6)nc(N5CC(N6CC7(CC7)C6)C5)nc4c3F)ccc(F)c2s1. The van der Waals surface area contributed by atoms with Crippen LogP contribution in [0.15, 0.2) is 24.3 Å². The summed E-state index contributed by atoms with van der Waals surface area (Å²) < 4.78 is 75.9. The van der Waals surface area contributed by atoms with Gasteiger partial charge in [-0.2, -0.15) is 18.2 Å². The lowest BCUT2D eigenvalue weighted by Crippen LogP contribution is -2.66. The average Bonchev–Trinajstić information content (AvgIpc) is 3.53. The number of aromatic nitrogens is 2. The van der Waals surface area contributed by atoms with Crippen molar-refractivity contribution < 1.29 is 22.0 Å². The number of nitrogens with one attached hydrogen (secondary N) is 1. The van der Waals surface area contributed by atoms with Crippen molar-refractivity contribution in [3.05, 3.63) is 41.5 Å². The van der Waals surface area contributed by atoms with Gasteiger partial charge in [0.2, 0.25) is 5.95 Å². The molecule has 1 spiro atoms. The molecule has 9 rings (SSSR count). The molecule has 4 aromatic rings. The van der Waals surface area contributed by atoms with Crippen molar-refractivity contribution in [3.63, 3.8) is 0 Å². The van der Waals surface area contributed by atoms with Gasteiger partial charge in [0, 0.05) is 73.7 Å². The van der Waals surface area contributed by atoms with Crippen LogP contribution in [0.1, 0.15) is 31.2 Å². The standard InChI is InChI=1S/C31H30F5N7S/c32-22-4-3-18(19-8-23(37)44-27(19)22)24-21(31(34,35)36)7-20-26(25(24)33)39-29(40-28(20)41-9-15-1-2-16(10-41)38-15)42-11-17(12-42)43-13-30(14-43)5-6-30/h3-4,7-8,15-17,38H,1-2,5-6,9-14,37H2/t15-,16+. The summed E-state index contributed by atoms with van der Waals surface area (Å²) in [5, 5.41) is 3.94. The molecule has 230 valence electrons. The molecule has 1 saturated carbocycles. The Hall–Kier alpha value is -3.29. The number of nitrogens with zero attached hydrogens (tertiary/aromatic N) is 5. The van der Waals surface area contributed by atoms with Crippen molar-refractivity contribution in [2.75, 3.05) is 54.8 Å².